The second kappa shape index (κ2) is 11.7. The molecule has 2 amide bonds. The number of anilines is 2. The number of rotatable bonds is 8. The predicted molar refractivity (Wildman–Crippen MR) is 150 cm³/mol. The van der Waals surface area contributed by atoms with E-state index in [9.17, 15) is 9.59 Å². The minimum Gasteiger partial charge on any atom is -0.326 e. The van der Waals surface area contributed by atoms with E-state index >= 15 is 0 Å². The Balaban J connectivity index is 1.34. The molecule has 1 heterocycles. The van der Waals surface area contributed by atoms with Crippen LogP contribution < -0.4 is 10.6 Å². The highest BCUT2D eigenvalue weighted by molar-refractivity contribution is 8.02. The van der Waals surface area contributed by atoms with Crippen molar-refractivity contribution in [3.8, 4) is 0 Å². The van der Waals surface area contributed by atoms with Gasteiger partial charge in [0.15, 0.2) is 4.34 Å². The zero-order valence-electron chi connectivity index (χ0n) is 20.0. The summed E-state index contributed by atoms with van der Waals surface area (Å²) in [6.45, 7) is 0. The third-order valence-corrected chi connectivity index (χ3v) is 8.78. The third-order valence-electron chi connectivity index (χ3n) is 6.47. The summed E-state index contributed by atoms with van der Waals surface area (Å²) in [7, 11) is 0. The molecule has 4 aromatic rings. The summed E-state index contributed by atoms with van der Waals surface area (Å²) in [4.78, 5) is 30.9. The standard InChI is InChI=1S/C29H29N3O2S2/c33-27(30-22-12-6-2-7-13-22)19-26(28(34)31-23-14-8-3-9-15-23)36-29-32-24-17-16-21(18-25(24)35-29)20-10-4-1-5-11-20/h2-3,6-9,12-18,20,26H,1,4-5,10-11,19H2,(H,30,33)(H,31,34). The number of hydrogen-bond acceptors (Lipinski definition) is 5. The van der Waals surface area contributed by atoms with Crippen molar-refractivity contribution < 1.29 is 9.59 Å². The van der Waals surface area contributed by atoms with Crippen LogP contribution >= 0.6 is 23.1 Å². The van der Waals surface area contributed by atoms with Gasteiger partial charge in [0.25, 0.3) is 0 Å². The Bertz CT molecular complexity index is 1320. The summed E-state index contributed by atoms with van der Waals surface area (Å²) in [5, 5.41) is 5.23. The van der Waals surface area contributed by atoms with Crippen LogP contribution in [0.4, 0.5) is 11.4 Å². The van der Waals surface area contributed by atoms with Gasteiger partial charge in [-0.05, 0) is 60.7 Å². The molecule has 0 radical (unpaired) electrons. The summed E-state index contributed by atoms with van der Waals surface area (Å²) in [6, 6.07) is 25.2. The molecule has 5 nitrogen and oxygen atoms in total. The molecule has 5 rings (SSSR count). The molecule has 0 aliphatic heterocycles. The van der Waals surface area contributed by atoms with E-state index in [2.05, 4.69) is 28.8 Å². The van der Waals surface area contributed by atoms with Crippen LogP contribution in [0, 0.1) is 0 Å². The number of thiazole rings is 1. The molecular formula is C29H29N3O2S2. The van der Waals surface area contributed by atoms with Crippen LogP contribution in [0.3, 0.4) is 0 Å². The van der Waals surface area contributed by atoms with Crippen LogP contribution in [-0.4, -0.2) is 22.0 Å². The summed E-state index contributed by atoms with van der Waals surface area (Å²) < 4.78 is 1.93. The fourth-order valence-electron chi connectivity index (χ4n) is 4.62. The molecule has 0 spiro atoms. The van der Waals surface area contributed by atoms with Crippen LogP contribution in [0.15, 0.2) is 83.2 Å². The van der Waals surface area contributed by atoms with E-state index in [4.69, 9.17) is 4.98 Å². The zero-order valence-corrected chi connectivity index (χ0v) is 21.6. The Morgan fingerprint density at radius 3 is 2.25 bits per heavy atom. The number of amides is 2. The van der Waals surface area contributed by atoms with Gasteiger partial charge in [-0.2, -0.15) is 0 Å². The van der Waals surface area contributed by atoms with E-state index in [0.29, 0.717) is 17.3 Å². The lowest BCUT2D eigenvalue weighted by Crippen LogP contribution is -2.29. The van der Waals surface area contributed by atoms with Crippen LogP contribution in [0.2, 0.25) is 0 Å². The predicted octanol–water partition coefficient (Wildman–Crippen LogP) is 7.47. The summed E-state index contributed by atoms with van der Waals surface area (Å²) in [6.07, 6.45) is 6.49. The maximum atomic E-state index is 13.2. The van der Waals surface area contributed by atoms with Crippen molar-refractivity contribution in [2.24, 2.45) is 0 Å². The number of carbonyl (C=O) groups excluding carboxylic acids is 2. The Labute approximate surface area is 219 Å². The van der Waals surface area contributed by atoms with Gasteiger partial charge in [-0.25, -0.2) is 4.98 Å². The molecular weight excluding hydrogens is 486 g/mol. The van der Waals surface area contributed by atoms with Gasteiger partial charge in [0.2, 0.25) is 11.8 Å². The highest BCUT2D eigenvalue weighted by Gasteiger charge is 2.25. The first kappa shape index (κ1) is 24.5. The van der Waals surface area contributed by atoms with Gasteiger partial charge < -0.3 is 10.6 Å². The molecule has 184 valence electrons. The molecule has 0 bridgehead atoms. The SMILES string of the molecule is O=C(CC(Sc1nc2ccc(C3CCCCC3)cc2s1)C(=O)Nc1ccccc1)Nc1ccccc1. The summed E-state index contributed by atoms with van der Waals surface area (Å²) in [5.74, 6) is 0.214. The second-order valence-corrected chi connectivity index (χ2v) is 11.6. The van der Waals surface area contributed by atoms with Gasteiger partial charge >= 0.3 is 0 Å². The number of aromatic nitrogens is 1. The molecule has 2 N–H and O–H groups in total. The average Bonchev–Trinajstić information content (AvgIpc) is 3.31. The van der Waals surface area contributed by atoms with E-state index in [-0.39, 0.29) is 18.2 Å². The Morgan fingerprint density at radius 1 is 0.889 bits per heavy atom. The van der Waals surface area contributed by atoms with Gasteiger partial charge in [0, 0.05) is 17.8 Å². The lowest BCUT2D eigenvalue weighted by molar-refractivity contribution is -0.120. The number of carbonyl (C=O) groups is 2. The molecule has 1 aromatic heterocycles. The van der Waals surface area contributed by atoms with Gasteiger partial charge in [0.1, 0.15) is 0 Å². The zero-order chi connectivity index (χ0) is 24.7. The van der Waals surface area contributed by atoms with Crippen LogP contribution in [0.5, 0.6) is 0 Å². The first-order valence-corrected chi connectivity index (χ1v) is 14.1. The molecule has 1 atom stereocenters. The summed E-state index contributed by atoms with van der Waals surface area (Å²) >= 11 is 2.96. The van der Waals surface area contributed by atoms with Gasteiger partial charge in [-0.3, -0.25) is 9.59 Å². The molecule has 1 unspecified atom stereocenters. The highest BCUT2D eigenvalue weighted by atomic mass is 32.2. The van der Waals surface area contributed by atoms with Crippen LogP contribution in [0.1, 0.15) is 50.0 Å². The van der Waals surface area contributed by atoms with E-state index in [1.165, 1.54) is 49.4 Å². The number of thioether (sulfide) groups is 1. The Hall–Kier alpha value is -3.16. The minimum atomic E-state index is -0.618. The number of para-hydroxylation sites is 2. The fourth-order valence-corrected chi connectivity index (χ4v) is 6.97. The first-order valence-electron chi connectivity index (χ1n) is 12.4. The quantitative estimate of drug-likeness (QED) is 0.239. The molecule has 1 aliphatic rings. The molecule has 0 saturated heterocycles. The third kappa shape index (κ3) is 6.33. The van der Waals surface area contributed by atoms with Crippen molar-refractivity contribution in [3.05, 3.63) is 84.4 Å². The molecule has 7 heteroatoms. The van der Waals surface area contributed by atoms with Crippen LogP contribution in [-0.2, 0) is 9.59 Å². The molecule has 1 fully saturated rings. The number of benzene rings is 3. The molecule has 1 aliphatic carbocycles. The maximum absolute atomic E-state index is 13.2. The number of nitrogens with one attached hydrogen (secondary N) is 2. The summed E-state index contributed by atoms with van der Waals surface area (Å²) in [5.41, 5.74) is 3.75. The van der Waals surface area contributed by atoms with Gasteiger partial charge in [-0.15, -0.1) is 11.3 Å². The van der Waals surface area contributed by atoms with Crippen molar-refractivity contribution in [3.63, 3.8) is 0 Å². The lowest BCUT2D eigenvalue weighted by atomic mass is 9.84. The van der Waals surface area contributed by atoms with Crippen molar-refractivity contribution in [1.29, 1.82) is 0 Å². The largest absolute Gasteiger partial charge is 0.326 e. The fraction of sp³-hybridized carbons (Fsp3) is 0.276. The van der Waals surface area contributed by atoms with Crippen molar-refractivity contribution >= 4 is 56.5 Å². The normalized spacial score (nSPS) is 14.9. The minimum absolute atomic E-state index is 0.0431. The van der Waals surface area contributed by atoms with Gasteiger partial charge in [0.05, 0.1) is 15.5 Å². The molecule has 1 saturated carbocycles. The Kier molecular flexibility index (Phi) is 7.98. The lowest BCUT2D eigenvalue weighted by Gasteiger charge is -2.21. The number of fused-ring (bicyclic) bond motifs is 1. The smallest absolute Gasteiger partial charge is 0.238 e. The monoisotopic (exact) mass is 515 g/mol. The van der Waals surface area contributed by atoms with E-state index < -0.39 is 5.25 Å². The van der Waals surface area contributed by atoms with Crippen LogP contribution in [0.25, 0.3) is 10.2 Å². The van der Waals surface area contributed by atoms with E-state index in [0.717, 1.165) is 14.6 Å². The van der Waals surface area contributed by atoms with Crippen molar-refractivity contribution in [1.82, 2.24) is 4.98 Å². The van der Waals surface area contributed by atoms with Crippen molar-refractivity contribution in [2.45, 2.75) is 54.0 Å². The van der Waals surface area contributed by atoms with E-state index in [1.54, 1.807) is 11.3 Å². The van der Waals surface area contributed by atoms with Crippen molar-refractivity contribution in [2.75, 3.05) is 10.6 Å². The maximum Gasteiger partial charge on any atom is 0.238 e. The molecule has 36 heavy (non-hydrogen) atoms. The highest BCUT2D eigenvalue weighted by Crippen LogP contribution is 2.38. The number of hydrogen-bond donors (Lipinski definition) is 2. The molecule has 3 aromatic carbocycles. The van der Waals surface area contributed by atoms with E-state index in [1.807, 2.05) is 60.7 Å². The number of nitrogens with zero attached hydrogens (tertiary/aromatic N) is 1. The average molecular weight is 516 g/mol. The first-order chi connectivity index (χ1) is 17.6. The topological polar surface area (TPSA) is 71.1 Å². The second-order valence-electron chi connectivity index (χ2n) is 9.12. The Morgan fingerprint density at radius 2 is 1.56 bits per heavy atom. The van der Waals surface area contributed by atoms with Gasteiger partial charge in [-0.1, -0.05) is 73.5 Å².